The van der Waals surface area contributed by atoms with Gasteiger partial charge in [-0.1, -0.05) is 52.3 Å². The van der Waals surface area contributed by atoms with Crippen molar-refractivity contribution in [3.63, 3.8) is 0 Å². The van der Waals surface area contributed by atoms with E-state index in [0.717, 1.165) is 15.6 Å². The standard InChI is InChI=1S/C14H13BrO2S/c1-11-7-8-13(9-14(11)15)18(16,17)10-12-5-3-2-4-6-12/h2-9H,10H2,1H3. The minimum Gasteiger partial charge on any atom is -0.223 e. The highest BCUT2D eigenvalue weighted by atomic mass is 79.9. The first-order valence-electron chi connectivity index (χ1n) is 5.52. The van der Waals surface area contributed by atoms with Gasteiger partial charge in [0.05, 0.1) is 10.6 Å². The van der Waals surface area contributed by atoms with Crippen molar-refractivity contribution in [2.75, 3.05) is 0 Å². The van der Waals surface area contributed by atoms with Crippen molar-refractivity contribution in [2.45, 2.75) is 17.6 Å². The van der Waals surface area contributed by atoms with E-state index in [4.69, 9.17) is 0 Å². The molecule has 0 aliphatic rings. The summed E-state index contributed by atoms with van der Waals surface area (Å²) >= 11 is 3.36. The average molecular weight is 325 g/mol. The zero-order valence-electron chi connectivity index (χ0n) is 9.93. The lowest BCUT2D eigenvalue weighted by molar-refractivity contribution is 0.595. The molecule has 2 nitrogen and oxygen atoms in total. The predicted molar refractivity (Wildman–Crippen MR) is 76.2 cm³/mol. The van der Waals surface area contributed by atoms with Gasteiger partial charge in [-0.2, -0.15) is 0 Å². The SMILES string of the molecule is Cc1ccc(S(=O)(=O)Cc2ccccc2)cc1Br. The summed E-state index contributed by atoms with van der Waals surface area (Å²) in [4.78, 5) is 0.351. The van der Waals surface area contributed by atoms with Gasteiger partial charge in [0, 0.05) is 4.47 Å². The van der Waals surface area contributed by atoms with Crippen LogP contribution < -0.4 is 0 Å². The van der Waals surface area contributed by atoms with E-state index in [1.807, 2.05) is 43.3 Å². The monoisotopic (exact) mass is 324 g/mol. The van der Waals surface area contributed by atoms with Gasteiger partial charge in [-0.15, -0.1) is 0 Å². The molecule has 0 unspecified atom stereocenters. The van der Waals surface area contributed by atoms with Crippen LogP contribution in [0.1, 0.15) is 11.1 Å². The largest absolute Gasteiger partial charge is 0.223 e. The highest BCUT2D eigenvalue weighted by Crippen LogP contribution is 2.23. The fourth-order valence-electron chi connectivity index (χ4n) is 1.64. The Morgan fingerprint density at radius 1 is 1.06 bits per heavy atom. The van der Waals surface area contributed by atoms with Crippen LogP contribution in [0.4, 0.5) is 0 Å². The summed E-state index contributed by atoms with van der Waals surface area (Å²) in [5.41, 5.74) is 1.82. The molecule has 0 saturated heterocycles. The molecule has 2 aromatic carbocycles. The van der Waals surface area contributed by atoms with Crippen molar-refractivity contribution in [3.8, 4) is 0 Å². The molecule has 0 spiro atoms. The summed E-state index contributed by atoms with van der Waals surface area (Å²) in [6, 6.07) is 14.3. The lowest BCUT2D eigenvalue weighted by atomic mass is 10.2. The highest BCUT2D eigenvalue weighted by molar-refractivity contribution is 9.10. The van der Waals surface area contributed by atoms with Crippen molar-refractivity contribution >= 4 is 25.8 Å². The molecule has 0 aliphatic carbocycles. The predicted octanol–water partition coefficient (Wildman–Crippen LogP) is 3.73. The molecule has 0 atom stereocenters. The number of aryl methyl sites for hydroxylation is 1. The van der Waals surface area contributed by atoms with E-state index >= 15 is 0 Å². The van der Waals surface area contributed by atoms with Crippen LogP contribution in [0, 0.1) is 6.92 Å². The van der Waals surface area contributed by atoms with E-state index < -0.39 is 9.84 Å². The van der Waals surface area contributed by atoms with Gasteiger partial charge in [0.1, 0.15) is 0 Å². The van der Waals surface area contributed by atoms with Gasteiger partial charge < -0.3 is 0 Å². The molecule has 18 heavy (non-hydrogen) atoms. The van der Waals surface area contributed by atoms with Crippen LogP contribution in [0.25, 0.3) is 0 Å². The normalized spacial score (nSPS) is 11.4. The van der Waals surface area contributed by atoms with E-state index in [-0.39, 0.29) is 5.75 Å². The Balaban J connectivity index is 2.34. The molecule has 94 valence electrons. The Labute approximate surface area is 116 Å². The van der Waals surface area contributed by atoms with Crippen LogP contribution in [0.5, 0.6) is 0 Å². The van der Waals surface area contributed by atoms with Crippen LogP contribution in [0.3, 0.4) is 0 Å². The van der Waals surface area contributed by atoms with Gasteiger partial charge in [-0.3, -0.25) is 0 Å². The van der Waals surface area contributed by atoms with Crippen molar-refractivity contribution in [3.05, 3.63) is 64.1 Å². The third-order valence-electron chi connectivity index (χ3n) is 2.70. The molecular weight excluding hydrogens is 312 g/mol. The van der Waals surface area contributed by atoms with Crippen LogP contribution in [0.2, 0.25) is 0 Å². The van der Waals surface area contributed by atoms with Gasteiger partial charge >= 0.3 is 0 Å². The van der Waals surface area contributed by atoms with E-state index in [0.29, 0.717) is 4.90 Å². The molecule has 0 heterocycles. The van der Waals surface area contributed by atoms with Gasteiger partial charge in [-0.25, -0.2) is 8.42 Å². The molecule has 0 aliphatic heterocycles. The third-order valence-corrected chi connectivity index (χ3v) is 5.24. The van der Waals surface area contributed by atoms with Crippen LogP contribution in [0.15, 0.2) is 57.9 Å². The van der Waals surface area contributed by atoms with Crippen molar-refractivity contribution in [1.29, 1.82) is 0 Å². The summed E-state index contributed by atoms with van der Waals surface area (Å²) in [7, 11) is -3.28. The summed E-state index contributed by atoms with van der Waals surface area (Å²) in [6.07, 6.45) is 0. The lowest BCUT2D eigenvalue weighted by Crippen LogP contribution is -2.05. The minimum atomic E-state index is -3.28. The smallest absolute Gasteiger partial charge is 0.182 e. The topological polar surface area (TPSA) is 34.1 Å². The molecule has 0 N–H and O–H groups in total. The van der Waals surface area contributed by atoms with Crippen molar-refractivity contribution in [1.82, 2.24) is 0 Å². The fraction of sp³-hybridized carbons (Fsp3) is 0.143. The molecule has 0 amide bonds. The third kappa shape index (κ3) is 3.00. The van der Waals surface area contributed by atoms with E-state index in [1.165, 1.54) is 0 Å². The summed E-state index contributed by atoms with van der Waals surface area (Å²) in [6.45, 7) is 1.93. The number of benzene rings is 2. The second-order valence-corrected chi connectivity index (χ2v) is 7.00. The van der Waals surface area contributed by atoms with Crippen molar-refractivity contribution < 1.29 is 8.42 Å². The molecule has 0 fully saturated rings. The maximum atomic E-state index is 12.2. The molecule has 0 aromatic heterocycles. The van der Waals surface area contributed by atoms with Gasteiger partial charge in [0.2, 0.25) is 0 Å². The lowest BCUT2D eigenvalue weighted by Gasteiger charge is -2.06. The van der Waals surface area contributed by atoms with Crippen LogP contribution in [-0.4, -0.2) is 8.42 Å². The number of hydrogen-bond acceptors (Lipinski definition) is 2. The second-order valence-electron chi connectivity index (χ2n) is 4.16. The first-order valence-corrected chi connectivity index (χ1v) is 7.96. The molecule has 2 aromatic rings. The van der Waals surface area contributed by atoms with Crippen LogP contribution >= 0.6 is 15.9 Å². The zero-order chi connectivity index (χ0) is 13.2. The number of hydrogen-bond donors (Lipinski definition) is 0. The maximum Gasteiger partial charge on any atom is 0.182 e. The summed E-state index contributed by atoms with van der Waals surface area (Å²) < 4.78 is 25.3. The van der Waals surface area contributed by atoms with E-state index in [1.54, 1.807) is 12.1 Å². The van der Waals surface area contributed by atoms with Gasteiger partial charge in [0.15, 0.2) is 9.84 Å². The average Bonchev–Trinajstić information content (AvgIpc) is 2.33. The number of halogens is 1. The fourth-order valence-corrected chi connectivity index (χ4v) is 3.55. The first-order chi connectivity index (χ1) is 8.49. The quantitative estimate of drug-likeness (QED) is 0.862. The number of rotatable bonds is 3. The van der Waals surface area contributed by atoms with Gasteiger partial charge in [-0.05, 0) is 30.2 Å². The van der Waals surface area contributed by atoms with E-state index in [2.05, 4.69) is 15.9 Å². The zero-order valence-corrected chi connectivity index (χ0v) is 12.3. The Bertz CT molecular complexity index is 649. The summed E-state index contributed by atoms with van der Waals surface area (Å²) in [5, 5.41) is 0. The van der Waals surface area contributed by atoms with Gasteiger partial charge in [0.25, 0.3) is 0 Å². The molecule has 4 heteroatoms. The molecule has 2 rings (SSSR count). The van der Waals surface area contributed by atoms with Crippen LogP contribution in [-0.2, 0) is 15.6 Å². The van der Waals surface area contributed by atoms with E-state index in [9.17, 15) is 8.42 Å². The highest BCUT2D eigenvalue weighted by Gasteiger charge is 2.15. The molecular formula is C14H13BrO2S. The Kier molecular flexibility index (Phi) is 3.88. The first kappa shape index (κ1) is 13.3. The Hall–Kier alpha value is -1.13. The molecule has 0 bridgehead atoms. The Morgan fingerprint density at radius 2 is 1.72 bits per heavy atom. The Morgan fingerprint density at radius 3 is 2.33 bits per heavy atom. The maximum absolute atomic E-state index is 12.2. The second kappa shape index (κ2) is 5.24. The summed E-state index contributed by atoms with van der Waals surface area (Å²) in [5.74, 6) is 0.0311. The number of sulfone groups is 1. The molecule has 0 saturated carbocycles. The molecule has 0 radical (unpaired) electrons. The minimum absolute atomic E-state index is 0.0311. The van der Waals surface area contributed by atoms with Crippen molar-refractivity contribution in [2.24, 2.45) is 0 Å².